The van der Waals surface area contributed by atoms with Gasteiger partial charge in [0.05, 0.1) is 12.2 Å². The van der Waals surface area contributed by atoms with Gasteiger partial charge in [0.25, 0.3) is 0 Å². The number of aromatic nitrogens is 3. The maximum absolute atomic E-state index is 5.40. The zero-order valence-electron chi connectivity index (χ0n) is 14.4. The van der Waals surface area contributed by atoms with Crippen molar-refractivity contribution in [3.05, 3.63) is 39.7 Å². The fourth-order valence-electron chi connectivity index (χ4n) is 3.08. The van der Waals surface area contributed by atoms with Crippen molar-refractivity contribution >= 4 is 11.3 Å². The first-order valence-electron chi connectivity index (χ1n) is 8.40. The molecule has 0 N–H and O–H groups in total. The molecule has 4 heterocycles. The standard InChI is InChI=1S/C17H21N5O2S/c1-12-15(13(2)23-19-12)9-21-4-6-22(7-5-21)10-16-18-17(20-24-16)14-3-8-25-11-14/h3,8,11H,4-7,9-10H2,1-2H3. The molecule has 7 nitrogen and oxygen atoms in total. The minimum Gasteiger partial charge on any atom is -0.361 e. The molecule has 3 aromatic heterocycles. The second-order valence-corrected chi connectivity index (χ2v) is 7.16. The van der Waals surface area contributed by atoms with E-state index in [0.29, 0.717) is 18.3 Å². The largest absolute Gasteiger partial charge is 0.361 e. The number of nitrogens with zero attached hydrogens (tertiary/aromatic N) is 5. The van der Waals surface area contributed by atoms with Gasteiger partial charge in [-0.3, -0.25) is 9.80 Å². The number of hydrogen-bond acceptors (Lipinski definition) is 8. The molecule has 0 aromatic carbocycles. The van der Waals surface area contributed by atoms with Crippen LogP contribution in [0.3, 0.4) is 0 Å². The highest BCUT2D eigenvalue weighted by molar-refractivity contribution is 7.08. The van der Waals surface area contributed by atoms with Gasteiger partial charge in [0.1, 0.15) is 5.76 Å². The van der Waals surface area contributed by atoms with E-state index in [1.807, 2.05) is 30.7 Å². The van der Waals surface area contributed by atoms with E-state index in [-0.39, 0.29) is 0 Å². The van der Waals surface area contributed by atoms with Crippen molar-refractivity contribution in [2.45, 2.75) is 26.9 Å². The fraction of sp³-hybridized carbons (Fsp3) is 0.471. The van der Waals surface area contributed by atoms with Gasteiger partial charge in [-0.2, -0.15) is 16.3 Å². The van der Waals surface area contributed by atoms with Gasteiger partial charge in [0.2, 0.25) is 11.7 Å². The third-order valence-corrected chi connectivity index (χ3v) is 5.32. The smallest absolute Gasteiger partial charge is 0.241 e. The highest BCUT2D eigenvalue weighted by Crippen LogP contribution is 2.20. The molecule has 3 aromatic rings. The van der Waals surface area contributed by atoms with Crippen molar-refractivity contribution in [3.8, 4) is 11.4 Å². The van der Waals surface area contributed by atoms with E-state index in [0.717, 1.165) is 49.7 Å². The van der Waals surface area contributed by atoms with Gasteiger partial charge in [-0.05, 0) is 25.3 Å². The molecular formula is C17H21N5O2S. The molecule has 0 saturated carbocycles. The summed E-state index contributed by atoms with van der Waals surface area (Å²) in [5, 5.41) is 12.2. The first-order valence-corrected chi connectivity index (χ1v) is 9.35. The zero-order chi connectivity index (χ0) is 17.2. The molecular weight excluding hydrogens is 338 g/mol. The highest BCUT2D eigenvalue weighted by Gasteiger charge is 2.21. The van der Waals surface area contributed by atoms with Crippen molar-refractivity contribution in [1.82, 2.24) is 25.1 Å². The SMILES string of the molecule is Cc1noc(C)c1CN1CCN(Cc2nc(-c3ccsc3)no2)CC1. The predicted molar refractivity (Wildman–Crippen MR) is 94.1 cm³/mol. The normalized spacial score (nSPS) is 16.6. The molecule has 25 heavy (non-hydrogen) atoms. The lowest BCUT2D eigenvalue weighted by molar-refractivity contribution is 0.111. The van der Waals surface area contributed by atoms with Crippen molar-refractivity contribution in [1.29, 1.82) is 0 Å². The lowest BCUT2D eigenvalue weighted by Crippen LogP contribution is -2.45. The molecule has 0 atom stereocenters. The minimum absolute atomic E-state index is 0.674. The van der Waals surface area contributed by atoms with Gasteiger partial charge in [0, 0.05) is 49.2 Å². The lowest BCUT2D eigenvalue weighted by Gasteiger charge is -2.33. The summed E-state index contributed by atoms with van der Waals surface area (Å²) in [5.41, 5.74) is 3.22. The molecule has 0 amide bonds. The average molecular weight is 359 g/mol. The van der Waals surface area contributed by atoms with Crippen molar-refractivity contribution in [2.75, 3.05) is 26.2 Å². The zero-order valence-corrected chi connectivity index (χ0v) is 15.3. The van der Waals surface area contributed by atoms with Crippen LogP contribution in [0, 0.1) is 13.8 Å². The van der Waals surface area contributed by atoms with Crippen LogP contribution in [-0.4, -0.2) is 51.3 Å². The van der Waals surface area contributed by atoms with Crippen molar-refractivity contribution < 1.29 is 9.05 Å². The van der Waals surface area contributed by atoms with Crippen LogP contribution < -0.4 is 0 Å². The Morgan fingerprint density at radius 2 is 1.80 bits per heavy atom. The topological polar surface area (TPSA) is 71.4 Å². The molecule has 0 radical (unpaired) electrons. The number of hydrogen-bond donors (Lipinski definition) is 0. The van der Waals surface area contributed by atoms with Crippen LogP contribution in [0.4, 0.5) is 0 Å². The van der Waals surface area contributed by atoms with E-state index in [4.69, 9.17) is 9.05 Å². The van der Waals surface area contributed by atoms with E-state index in [2.05, 4.69) is 25.1 Å². The Balaban J connectivity index is 1.30. The summed E-state index contributed by atoms with van der Waals surface area (Å²) in [7, 11) is 0. The molecule has 1 saturated heterocycles. The highest BCUT2D eigenvalue weighted by atomic mass is 32.1. The van der Waals surface area contributed by atoms with Crippen LogP contribution in [0.1, 0.15) is 22.9 Å². The Morgan fingerprint density at radius 3 is 2.44 bits per heavy atom. The van der Waals surface area contributed by atoms with Gasteiger partial charge in [-0.15, -0.1) is 0 Å². The first-order chi connectivity index (χ1) is 12.2. The molecule has 0 unspecified atom stereocenters. The molecule has 1 aliphatic rings. The Kier molecular flexibility index (Phi) is 4.65. The summed E-state index contributed by atoms with van der Waals surface area (Å²) < 4.78 is 10.7. The van der Waals surface area contributed by atoms with E-state index in [9.17, 15) is 0 Å². The number of thiophene rings is 1. The summed E-state index contributed by atoms with van der Waals surface area (Å²) in [5.74, 6) is 2.28. The molecule has 0 bridgehead atoms. The molecule has 1 aliphatic heterocycles. The maximum Gasteiger partial charge on any atom is 0.241 e. The first kappa shape index (κ1) is 16.4. The molecule has 8 heteroatoms. The minimum atomic E-state index is 0.674. The lowest BCUT2D eigenvalue weighted by atomic mass is 10.2. The number of rotatable bonds is 5. The van der Waals surface area contributed by atoms with Gasteiger partial charge < -0.3 is 9.05 Å². The van der Waals surface area contributed by atoms with Gasteiger partial charge in [0.15, 0.2) is 0 Å². The van der Waals surface area contributed by atoms with E-state index >= 15 is 0 Å². The van der Waals surface area contributed by atoms with Gasteiger partial charge >= 0.3 is 0 Å². The van der Waals surface area contributed by atoms with Crippen LogP contribution in [0.2, 0.25) is 0 Å². The summed E-state index contributed by atoms with van der Waals surface area (Å²) >= 11 is 1.63. The van der Waals surface area contributed by atoms with E-state index < -0.39 is 0 Å². The Bertz CT molecular complexity index is 799. The fourth-order valence-corrected chi connectivity index (χ4v) is 3.71. The van der Waals surface area contributed by atoms with Gasteiger partial charge in [-0.1, -0.05) is 10.3 Å². The second kappa shape index (κ2) is 7.07. The number of piperazine rings is 1. The summed E-state index contributed by atoms with van der Waals surface area (Å²) in [6.45, 7) is 9.58. The maximum atomic E-state index is 5.40. The summed E-state index contributed by atoms with van der Waals surface area (Å²) in [6.07, 6.45) is 0. The molecule has 1 fully saturated rings. The van der Waals surface area contributed by atoms with E-state index in [1.165, 1.54) is 5.56 Å². The van der Waals surface area contributed by atoms with Gasteiger partial charge in [-0.25, -0.2) is 0 Å². The third-order valence-electron chi connectivity index (χ3n) is 4.63. The Hall–Kier alpha value is -2.03. The van der Waals surface area contributed by atoms with Crippen LogP contribution in [0.15, 0.2) is 25.9 Å². The quantitative estimate of drug-likeness (QED) is 0.693. The summed E-state index contributed by atoms with van der Waals surface area (Å²) in [4.78, 5) is 9.30. The van der Waals surface area contributed by atoms with Crippen LogP contribution in [0.25, 0.3) is 11.4 Å². The summed E-state index contributed by atoms with van der Waals surface area (Å²) in [6, 6.07) is 2.01. The Morgan fingerprint density at radius 1 is 1.04 bits per heavy atom. The Labute approximate surface area is 150 Å². The molecule has 132 valence electrons. The second-order valence-electron chi connectivity index (χ2n) is 6.38. The molecule has 0 aliphatic carbocycles. The average Bonchev–Trinajstić information content (AvgIpc) is 3.35. The monoisotopic (exact) mass is 359 g/mol. The van der Waals surface area contributed by atoms with Crippen LogP contribution >= 0.6 is 11.3 Å². The number of aryl methyl sites for hydroxylation is 2. The third kappa shape index (κ3) is 3.65. The van der Waals surface area contributed by atoms with Crippen LogP contribution in [-0.2, 0) is 13.1 Å². The molecule has 0 spiro atoms. The van der Waals surface area contributed by atoms with Crippen molar-refractivity contribution in [3.63, 3.8) is 0 Å². The predicted octanol–water partition coefficient (Wildman–Crippen LogP) is 2.72. The molecule has 4 rings (SSSR count). The van der Waals surface area contributed by atoms with Crippen LogP contribution in [0.5, 0.6) is 0 Å². The van der Waals surface area contributed by atoms with E-state index in [1.54, 1.807) is 11.3 Å². The van der Waals surface area contributed by atoms with Crippen molar-refractivity contribution in [2.24, 2.45) is 0 Å².